The molecule has 81 heavy (non-hydrogen) atoms. The first-order valence-corrected chi connectivity index (χ1v) is 32.6. The van der Waals surface area contributed by atoms with E-state index in [1.807, 2.05) is 0 Å². The minimum Gasteiger partial charge on any atom is -0.479 e. The number of rotatable bonds is 55. The van der Waals surface area contributed by atoms with Crippen LogP contribution in [-0.2, 0) is 42.9 Å². The number of carboxylic acid groups (broad SMARTS) is 1. The zero-order valence-electron chi connectivity index (χ0n) is 51.3. The number of allylic oxidation sites excluding steroid dienone is 14. The van der Waals surface area contributed by atoms with Gasteiger partial charge in [-0.2, -0.15) is 0 Å². The number of hydrogen-bond acceptors (Lipinski definition) is 11. The third-order valence-corrected chi connectivity index (χ3v) is 14.5. The maximum absolute atomic E-state index is 13.2. The van der Waals surface area contributed by atoms with Gasteiger partial charge in [0, 0.05) is 19.3 Å². The standard InChI is InChI=1S/C69H116O12/c1-4-7-10-13-16-19-22-25-28-30-31-33-36-39-42-45-48-51-54-57-63(72)80-67-65(74)64(73)66(68(75)76)81-69(67)78-59-60(79-62(71)56-53-50-47-44-41-38-34-27-24-21-18-15-12-9-6-3)58-77-61(70)55-52-49-46-43-40-37-35-32-29-26-23-20-17-14-11-8-5-2/h7,9-10,12,16,18-19,21,25,27-28,31,33-34,60,64-67,69,73-74H,4-6,8,11,13-15,17,20,22-24,26,29-30,32,35-59H2,1-3H3,(H,75,76)/b10-7-,12-9-,19-16-,21-18-,28-25-,33-31-,34-27-. The molecule has 0 spiro atoms. The Kier molecular flexibility index (Phi) is 52.1. The van der Waals surface area contributed by atoms with Gasteiger partial charge in [0.15, 0.2) is 24.6 Å². The van der Waals surface area contributed by atoms with E-state index in [4.69, 9.17) is 23.7 Å². The quantitative estimate of drug-likeness (QED) is 0.0228. The van der Waals surface area contributed by atoms with E-state index in [-0.39, 0.29) is 25.9 Å². The summed E-state index contributed by atoms with van der Waals surface area (Å²) >= 11 is 0. The molecule has 1 heterocycles. The number of carbonyl (C=O) groups excluding carboxylic acids is 3. The van der Waals surface area contributed by atoms with Gasteiger partial charge in [-0.05, 0) is 89.9 Å². The minimum atomic E-state index is -1.91. The Bertz CT molecular complexity index is 1730. The summed E-state index contributed by atoms with van der Waals surface area (Å²) in [6.07, 6.45) is 61.1. The molecule has 0 aliphatic carbocycles. The van der Waals surface area contributed by atoms with Crippen LogP contribution >= 0.6 is 0 Å². The van der Waals surface area contributed by atoms with Crippen molar-refractivity contribution in [3.63, 3.8) is 0 Å². The first-order chi connectivity index (χ1) is 39.6. The molecule has 12 heteroatoms. The lowest BCUT2D eigenvalue weighted by molar-refractivity contribution is -0.301. The lowest BCUT2D eigenvalue weighted by Crippen LogP contribution is -2.61. The summed E-state index contributed by atoms with van der Waals surface area (Å²) in [5.41, 5.74) is 0. The minimum absolute atomic E-state index is 0.0401. The average molecular weight is 1140 g/mol. The van der Waals surface area contributed by atoms with Gasteiger partial charge in [0.25, 0.3) is 0 Å². The number of aliphatic hydroxyl groups is 2. The van der Waals surface area contributed by atoms with Crippen LogP contribution in [0, 0.1) is 0 Å². The number of ether oxygens (including phenoxy) is 5. The van der Waals surface area contributed by atoms with Gasteiger partial charge in [0.05, 0.1) is 6.61 Å². The first kappa shape index (κ1) is 74.9. The normalized spacial score (nSPS) is 18.3. The van der Waals surface area contributed by atoms with Crippen molar-refractivity contribution in [3.05, 3.63) is 85.1 Å². The second-order valence-electron chi connectivity index (χ2n) is 22.0. The summed E-state index contributed by atoms with van der Waals surface area (Å²) in [6, 6.07) is 0. The van der Waals surface area contributed by atoms with Crippen molar-refractivity contribution in [1.29, 1.82) is 0 Å². The zero-order chi connectivity index (χ0) is 58.9. The molecule has 6 atom stereocenters. The Morgan fingerprint density at radius 3 is 1.19 bits per heavy atom. The average Bonchev–Trinajstić information content (AvgIpc) is 3.54. The second kappa shape index (κ2) is 56.4. The number of hydrogen-bond donors (Lipinski definition) is 3. The molecule has 464 valence electrons. The fourth-order valence-electron chi connectivity index (χ4n) is 9.55. The Morgan fingerprint density at radius 2 is 0.778 bits per heavy atom. The summed E-state index contributed by atoms with van der Waals surface area (Å²) in [4.78, 5) is 51.3. The van der Waals surface area contributed by atoms with E-state index in [2.05, 4.69) is 106 Å². The Morgan fingerprint density at radius 1 is 0.420 bits per heavy atom. The van der Waals surface area contributed by atoms with Gasteiger partial charge in [-0.25, -0.2) is 4.79 Å². The van der Waals surface area contributed by atoms with Crippen molar-refractivity contribution < 1.29 is 58.2 Å². The van der Waals surface area contributed by atoms with E-state index >= 15 is 0 Å². The number of carboxylic acids is 1. The van der Waals surface area contributed by atoms with E-state index in [0.29, 0.717) is 19.3 Å². The van der Waals surface area contributed by atoms with Crippen LogP contribution in [0.1, 0.15) is 278 Å². The molecule has 1 saturated heterocycles. The lowest BCUT2D eigenvalue weighted by Gasteiger charge is -2.40. The van der Waals surface area contributed by atoms with Crippen molar-refractivity contribution in [2.45, 2.75) is 314 Å². The smallest absolute Gasteiger partial charge is 0.335 e. The molecular weight excluding hydrogens is 1020 g/mol. The first-order valence-electron chi connectivity index (χ1n) is 32.6. The molecule has 0 aromatic heterocycles. The molecule has 1 fully saturated rings. The van der Waals surface area contributed by atoms with Crippen molar-refractivity contribution in [2.75, 3.05) is 13.2 Å². The Balaban J connectivity index is 2.66. The van der Waals surface area contributed by atoms with Crippen molar-refractivity contribution in [3.8, 4) is 0 Å². The highest BCUT2D eigenvalue weighted by Crippen LogP contribution is 2.27. The van der Waals surface area contributed by atoms with Crippen molar-refractivity contribution in [2.24, 2.45) is 0 Å². The van der Waals surface area contributed by atoms with Crippen LogP contribution in [-0.4, -0.2) is 89.2 Å². The molecule has 0 aromatic carbocycles. The van der Waals surface area contributed by atoms with Crippen LogP contribution in [0.5, 0.6) is 0 Å². The fraction of sp³-hybridized carbons (Fsp3) is 0.739. The van der Waals surface area contributed by atoms with Gasteiger partial charge in [-0.15, -0.1) is 0 Å². The van der Waals surface area contributed by atoms with E-state index in [1.54, 1.807) is 0 Å². The third-order valence-electron chi connectivity index (χ3n) is 14.5. The van der Waals surface area contributed by atoms with E-state index in [9.17, 15) is 34.5 Å². The number of carbonyl (C=O) groups is 4. The molecule has 0 aromatic rings. The summed E-state index contributed by atoms with van der Waals surface area (Å²) < 4.78 is 28.5. The third kappa shape index (κ3) is 46.0. The molecule has 0 amide bonds. The molecule has 0 saturated carbocycles. The predicted octanol–water partition coefficient (Wildman–Crippen LogP) is 17.5. The van der Waals surface area contributed by atoms with Gasteiger partial charge in [0.1, 0.15) is 18.8 Å². The van der Waals surface area contributed by atoms with Crippen LogP contribution in [0.15, 0.2) is 85.1 Å². The molecule has 1 rings (SSSR count). The summed E-state index contributed by atoms with van der Waals surface area (Å²) in [7, 11) is 0. The number of aliphatic hydroxyl groups excluding tert-OH is 2. The molecule has 1 aliphatic rings. The topological polar surface area (TPSA) is 175 Å². The van der Waals surface area contributed by atoms with Gasteiger partial charge in [-0.1, -0.05) is 254 Å². The molecule has 3 N–H and O–H groups in total. The SMILES string of the molecule is CC/C=C\C/C=C\C/C=C\C/C=C\CCCCCCCCC(=O)OC1C(OCC(COC(=O)CCCCCCCCCCCCCCCCCCC)OC(=O)CCCCCCC/C=C\C/C=C\C/C=C\CC)OC(C(=O)O)C(O)C1O. The summed E-state index contributed by atoms with van der Waals surface area (Å²) in [6.45, 7) is 5.78. The van der Waals surface area contributed by atoms with E-state index in [0.717, 1.165) is 135 Å². The molecule has 0 radical (unpaired) electrons. The number of aliphatic carboxylic acids is 1. The van der Waals surface area contributed by atoms with E-state index < -0.39 is 67.3 Å². The fourth-order valence-corrected chi connectivity index (χ4v) is 9.55. The van der Waals surface area contributed by atoms with Crippen LogP contribution < -0.4 is 0 Å². The highest BCUT2D eigenvalue weighted by molar-refractivity contribution is 5.74. The Hall–Kier alpha value is -4.10. The Labute approximate surface area is 492 Å². The van der Waals surface area contributed by atoms with Crippen LogP contribution in [0.4, 0.5) is 0 Å². The summed E-state index contributed by atoms with van der Waals surface area (Å²) in [5, 5.41) is 31.6. The largest absolute Gasteiger partial charge is 0.479 e. The second-order valence-corrected chi connectivity index (χ2v) is 22.0. The zero-order valence-corrected chi connectivity index (χ0v) is 51.3. The van der Waals surface area contributed by atoms with Crippen LogP contribution in [0.25, 0.3) is 0 Å². The molecule has 6 unspecified atom stereocenters. The van der Waals surface area contributed by atoms with Gasteiger partial charge in [0.2, 0.25) is 0 Å². The van der Waals surface area contributed by atoms with Gasteiger partial charge in [-0.3, -0.25) is 14.4 Å². The number of esters is 3. The van der Waals surface area contributed by atoms with Crippen LogP contribution in [0.3, 0.4) is 0 Å². The van der Waals surface area contributed by atoms with E-state index in [1.165, 1.54) is 83.5 Å². The predicted molar refractivity (Wildman–Crippen MR) is 331 cm³/mol. The molecule has 12 nitrogen and oxygen atoms in total. The highest BCUT2D eigenvalue weighted by Gasteiger charge is 2.50. The van der Waals surface area contributed by atoms with Crippen LogP contribution in [0.2, 0.25) is 0 Å². The monoisotopic (exact) mass is 1140 g/mol. The molecule has 0 bridgehead atoms. The maximum Gasteiger partial charge on any atom is 0.335 e. The van der Waals surface area contributed by atoms with Gasteiger partial charge >= 0.3 is 23.9 Å². The maximum atomic E-state index is 13.2. The summed E-state index contributed by atoms with van der Waals surface area (Å²) in [5.74, 6) is -3.15. The lowest BCUT2D eigenvalue weighted by atomic mass is 9.98. The molecular formula is C69H116O12. The van der Waals surface area contributed by atoms with Crippen molar-refractivity contribution in [1.82, 2.24) is 0 Å². The number of unbranched alkanes of at least 4 members (excludes halogenated alkanes) is 27. The van der Waals surface area contributed by atoms with Crippen molar-refractivity contribution >= 4 is 23.9 Å². The molecule has 1 aliphatic heterocycles. The highest BCUT2D eigenvalue weighted by atomic mass is 16.7. The van der Waals surface area contributed by atoms with Gasteiger partial charge < -0.3 is 39.0 Å².